The van der Waals surface area contributed by atoms with E-state index >= 15 is 0 Å². The van der Waals surface area contributed by atoms with Crippen LogP contribution in [-0.2, 0) is 4.74 Å². The van der Waals surface area contributed by atoms with Crippen molar-refractivity contribution in [1.82, 2.24) is 9.88 Å². The number of rotatable bonds is 6. The van der Waals surface area contributed by atoms with Gasteiger partial charge in [0.15, 0.2) is 10.9 Å². The summed E-state index contributed by atoms with van der Waals surface area (Å²) in [7, 11) is 0. The van der Waals surface area contributed by atoms with Gasteiger partial charge >= 0.3 is 5.63 Å². The summed E-state index contributed by atoms with van der Waals surface area (Å²) in [5.74, 6) is -2.13. The average Bonchev–Trinajstić information content (AvgIpc) is 3.35. The molecule has 3 aromatic carbocycles. The Labute approximate surface area is 232 Å². The molecule has 1 aliphatic rings. The Balaban J connectivity index is 0.00000308. The molecule has 3 heterocycles. The second kappa shape index (κ2) is 11.4. The summed E-state index contributed by atoms with van der Waals surface area (Å²) in [4.78, 5) is 34.8. The first-order valence-electron chi connectivity index (χ1n) is 12.3. The molecule has 7 nitrogen and oxygen atoms in total. The quantitative estimate of drug-likeness (QED) is 0.194. The minimum absolute atomic E-state index is 0. The molecule has 5 aromatic rings. The summed E-state index contributed by atoms with van der Waals surface area (Å²) in [5, 5.41) is 2.61. The van der Waals surface area contributed by atoms with Crippen LogP contribution in [0.4, 0.5) is 13.9 Å². The van der Waals surface area contributed by atoms with Crippen molar-refractivity contribution < 1.29 is 22.7 Å². The Morgan fingerprint density at radius 3 is 2.67 bits per heavy atom. The Bertz CT molecular complexity index is 1740. The summed E-state index contributed by atoms with van der Waals surface area (Å²) >= 11 is 1.00. The number of carbonyl (C=O) groups is 1. The molecule has 39 heavy (non-hydrogen) atoms. The number of hydrogen-bond donors (Lipinski definition) is 0. The van der Waals surface area contributed by atoms with E-state index in [1.165, 1.54) is 11.0 Å². The van der Waals surface area contributed by atoms with Gasteiger partial charge in [-0.2, -0.15) is 0 Å². The highest BCUT2D eigenvalue weighted by Crippen LogP contribution is 2.32. The highest BCUT2D eigenvalue weighted by Gasteiger charge is 2.26. The highest BCUT2D eigenvalue weighted by molar-refractivity contribution is 7.22. The van der Waals surface area contributed by atoms with Crippen LogP contribution < -0.4 is 10.5 Å². The summed E-state index contributed by atoms with van der Waals surface area (Å²) in [6, 6.07) is 14.7. The van der Waals surface area contributed by atoms with E-state index in [1.807, 2.05) is 30.3 Å². The van der Waals surface area contributed by atoms with E-state index < -0.39 is 23.2 Å². The molecule has 1 aliphatic heterocycles. The van der Waals surface area contributed by atoms with Crippen molar-refractivity contribution in [2.24, 2.45) is 0 Å². The third kappa shape index (κ3) is 5.38. The predicted octanol–water partition coefficient (Wildman–Crippen LogP) is 5.63. The Kier molecular flexibility index (Phi) is 7.90. The lowest BCUT2D eigenvalue weighted by Gasteiger charge is -2.27. The van der Waals surface area contributed by atoms with Gasteiger partial charge in [-0.1, -0.05) is 41.7 Å². The minimum Gasteiger partial charge on any atom is -0.422 e. The SMILES string of the molecule is Cl.O=C(c1cc2c(ccc3ccccc32)oc1=O)N(CCCN1CCOCC1)c1nc2c(F)cc(F)cc2s1. The molecule has 2 aromatic heterocycles. The van der Waals surface area contributed by atoms with E-state index in [2.05, 4.69) is 9.88 Å². The zero-order valence-corrected chi connectivity index (χ0v) is 22.3. The Hall–Kier alpha value is -3.44. The largest absolute Gasteiger partial charge is 0.422 e. The molecule has 1 fully saturated rings. The fourth-order valence-corrected chi connectivity index (χ4v) is 5.82. The summed E-state index contributed by atoms with van der Waals surface area (Å²) in [6.45, 7) is 3.82. The third-order valence-corrected chi connectivity index (χ3v) is 7.74. The maximum absolute atomic E-state index is 14.4. The van der Waals surface area contributed by atoms with Crippen LogP contribution in [0, 0.1) is 11.6 Å². The van der Waals surface area contributed by atoms with E-state index in [0.29, 0.717) is 37.1 Å². The number of thiazole rings is 1. The van der Waals surface area contributed by atoms with Gasteiger partial charge in [0.05, 0.1) is 17.9 Å². The summed E-state index contributed by atoms with van der Waals surface area (Å²) in [6.07, 6.45) is 0.584. The lowest BCUT2D eigenvalue weighted by atomic mass is 10.0. The highest BCUT2D eigenvalue weighted by atomic mass is 35.5. The van der Waals surface area contributed by atoms with Gasteiger partial charge in [0.25, 0.3) is 5.91 Å². The Morgan fingerprint density at radius 1 is 1.05 bits per heavy atom. The zero-order chi connectivity index (χ0) is 26.2. The van der Waals surface area contributed by atoms with Gasteiger partial charge < -0.3 is 9.15 Å². The summed E-state index contributed by atoms with van der Waals surface area (Å²) < 4.78 is 39.5. The fourth-order valence-electron chi connectivity index (χ4n) is 4.79. The number of nitrogens with zero attached hydrogens (tertiary/aromatic N) is 3. The maximum Gasteiger partial charge on any atom is 0.349 e. The van der Waals surface area contributed by atoms with E-state index in [9.17, 15) is 18.4 Å². The molecule has 202 valence electrons. The molecule has 11 heteroatoms. The molecule has 0 unspecified atom stereocenters. The lowest BCUT2D eigenvalue weighted by Crippen LogP contribution is -2.40. The topological polar surface area (TPSA) is 75.9 Å². The van der Waals surface area contributed by atoms with Crippen LogP contribution in [0.2, 0.25) is 0 Å². The van der Waals surface area contributed by atoms with Crippen LogP contribution in [0.25, 0.3) is 32.0 Å². The first-order chi connectivity index (χ1) is 18.5. The number of morpholine rings is 1. The summed E-state index contributed by atoms with van der Waals surface area (Å²) in [5.41, 5.74) is -0.559. The lowest BCUT2D eigenvalue weighted by molar-refractivity contribution is 0.0376. The van der Waals surface area contributed by atoms with Crippen LogP contribution in [0.3, 0.4) is 0 Å². The first kappa shape index (κ1) is 27.1. The van der Waals surface area contributed by atoms with Crippen LogP contribution in [0.5, 0.6) is 0 Å². The molecule has 6 rings (SSSR count). The van der Waals surface area contributed by atoms with Gasteiger partial charge in [0.2, 0.25) is 0 Å². The zero-order valence-electron chi connectivity index (χ0n) is 20.7. The molecule has 0 saturated carbocycles. The van der Waals surface area contributed by atoms with Gasteiger partial charge in [0, 0.05) is 37.6 Å². The van der Waals surface area contributed by atoms with E-state index in [1.54, 1.807) is 12.1 Å². The van der Waals surface area contributed by atoms with Gasteiger partial charge in [-0.25, -0.2) is 18.6 Å². The molecule has 0 aliphatic carbocycles. The van der Waals surface area contributed by atoms with Crippen molar-refractivity contribution in [3.63, 3.8) is 0 Å². The van der Waals surface area contributed by atoms with Crippen LogP contribution in [0.1, 0.15) is 16.8 Å². The molecular weight excluding hydrogens is 548 g/mol. The number of carbonyl (C=O) groups excluding carboxylic acids is 1. The fraction of sp³-hybridized carbons (Fsp3) is 0.250. The minimum atomic E-state index is -0.806. The molecule has 0 spiro atoms. The second-order valence-electron chi connectivity index (χ2n) is 9.14. The molecule has 0 atom stereocenters. The van der Waals surface area contributed by atoms with Gasteiger partial charge in [0.1, 0.15) is 22.5 Å². The number of hydrogen-bond acceptors (Lipinski definition) is 7. The van der Waals surface area contributed by atoms with Crippen LogP contribution in [0.15, 0.2) is 63.8 Å². The normalized spacial score (nSPS) is 14.1. The second-order valence-corrected chi connectivity index (χ2v) is 10.2. The van der Waals surface area contributed by atoms with Crippen molar-refractivity contribution in [3.8, 4) is 0 Å². The number of halogens is 3. The first-order valence-corrected chi connectivity index (χ1v) is 13.1. The van der Waals surface area contributed by atoms with Crippen molar-refractivity contribution >= 4 is 66.7 Å². The molecule has 0 bridgehead atoms. The van der Waals surface area contributed by atoms with E-state index in [0.717, 1.165) is 41.3 Å². The smallest absolute Gasteiger partial charge is 0.349 e. The maximum atomic E-state index is 14.4. The average molecular weight is 572 g/mol. The number of ether oxygens (including phenoxy) is 1. The van der Waals surface area contributed by atoms with Crippen molar-refractivity contribution in [1.29, 1.82) is 0 Å². The number of fused-ring (bicyclic) bond motifs is 4. The van der Waals surface area contributed by atoms with Crippen LogP contribution >= 0.6 is 23.7 Å². The number of benzene rings is 3. The van der Waals surface area contributed by atoms with Gasteiger partial charge in [-0.05, 0) is 35.4 Å². The molecular formula is C28H24ClF2N3O4S. The number of amides is 1. The molecule has 0 N–H and O–H groups in total. The van der Waals surface area contributed by atoms with E-state index in [-0.39, 0.29) is 39.9 Å². The Morgan fingerprint density at radius 2 is 1.85 bits per heavy atom. The third-order valence-electron chi connectivity index (χ3n) is 6.71. The number of aromatic nitrogens is 1. The molecule has 1 amide bonds. The monoisotopic (exact) mass is 571 g/mol. The molecule has 0 radical (unpaired) electrons. The standard InChI is InChI=1S/C28H23F2N3O4S.ClH/c29-18-14-22(30)25-24(15-18)38-28(31-25)33(9-3-8-32-10-12-36-13-11-32)26(34)21-16-20-19-5-2-1-4-17(19)6-7-23(20)37-27(21)35;/h1-2,4-7,14-16H,3,8-13H2;1H. The van der Waals surface area contributed by atoms with Gasteiger partial charge in [-0.15, -0.1) is 12.4 Å². The van der Waals surface area contributed by atoms with E-state index in [4.69, 9.17) is 9.15 Å². The van der Waals surface area contributed by atoms with Gasteiger partial charge in [-0.3, -0.25) is 14.6 Å². The van der Waals surface area contributed by atoms with Crippen molar-refractivity contribution in [3.05, 3.63) is 82.2 Å². The van der Waals surface area contributed by atoms with Crippen molar-refractivity contribution in [2.45, 2.75) is 6.42 Å². The predicted molar refractivity (Wildman–Crippen MR) is 150 cm³/mol. The molecule has 1 saturated heterocycles. The van der Waals surface area contributed by atoms with Crippen LogP contribution in [-0.4, -0.2) is 55.2 Å². The number of anilines is 1. The van der Waals surface area contributed by atoms with Crippen molar-refractivity contribution in [2.75, 3.05) is 44.3 Å².